The van der Waals surface area contributed by atoms with Crippen molar-refractivity contribution in [3.8, 4) is 0 Å². The maximum atomic E-state index is 12.4. The largest absolute Gasteiger partial charge is 0.481 e. The van der Waals surface area contributed by atoms with Crippen LogP contribution < -0.4 is 5.32 Å². The molecular weight excluding hydrogens is 296 g/mol. The van der Waals surface area contributed by atoms with E-state index in [0.29, 0.717) is 30.8 Å². The van der Waals surface area contributed by atoms with Crippen molar-refractivity contribution >= 4 is 12.0 Å². The van der Waals surface area contributed by atoms with Crippen molar-refractivity contribution in [2.75, 3.05) is 32.8 Å². The van der Waals surface area contributed by atoms with Crippen LogP contribution >= 0.6 is 0 Å². The van der Waals surface area contributed by atoms with Crippen LogP contribution in [-0.2, 0) is 9.53 Å². The minimum Gasteiger partial charge on any atom is -0.481 e. The van der Waals surface area contributed by atoms with Gasteiger partial charge in [0.1, 0.15) is 0 Å². The van der Waals surface area contributed by atoms with Crippen LogP contribution in [0.25, 0.3) is 0 Å². The van der Waals surface area contributed by atoms with Crippen molar-refractivity contribution in [2.24, 2.45) is 22.7 Å². The first-order chi connectivity index (χ1) is 11.1. The van der Waals surface area contributed by atoms with E-state index < -0.39 is 11.4 Å². The zero-order valence-electron chi connectivity index (χ0n) is 13.6. The molecule has 2 amide bonds. The summed E-state index contributed by atoms with van der Waals surface area (Å²) in [5.74, 6) is -0.0157. The van der Waals surface area contributed by atoms with Gasteiger partial charge in [-0.15, -0.1) is 0 Å². The summed E-state index contributed by atoms with van der Waals surface area (Å²) in [6.45, 7) is 3.39. The van der Waals surface area contributed by atoms with Gasteiger partial charge in [-0.25, -0.2) is 4.79 Å². The molecule has 6 heteroatoms. The number of urea groups is 1. The van der Waals surface area contributed by atoms with Crippen molar-refractivity contribution in [1.82, 2.24) is 10.2 Å². The summed E-state index contributed by atoms with van der Waals surface area (Å²) >= 11 is 0. The SMILES string of the molecule is O=C(NCC1CC12CCOCC2)N1C[C@@H]2CCC[C@@]2(C(=O)O)C1. The number of nitrogens with one attached hydrogen (secondary N) is 1. The number of fused-ring (bicyclic) bond motifs is 1. The summed E-state index contributed by atoms with van der Waals surface area (Å²) in [4.78, 5) is 25.9. The van der Waals surface area contributed by atoms with Gasteiger partial charge in [0.25, 0.3) is 0 Å². The normalized spacial score (nSPS) is 37.7. The van der Waals surface area contributed by atoms with E-state index in [1.54, 1.807) is 4.90 Å². The van der Waals surface area contributed by atoms with Gasteiger partial charge in [0.05, 0.1) is 5.41 Å². The standard InChI is InChI=1S/C17H26N2O4/c20-14(21)17-3-1-2-12(17)10-19(11-17)15(22)18-9-13-8-16(13)4-6-23-7-5-16/h12-13H,1-11H2,(H,18,22)(H,20,21)/t12-,13?,17+/m0/s1. The monoisotopic (exact) mass is 322 g/mol. The van der Waals surface area contributed by atoms with E-state index in [-0.39, 0.29) is 11.9 Å². The molecule has 2 saturated carbocycles. The van der Waals surface area contributed by atoms with Gasteiger partial charge in [0.15, 0.2) is 0 Å². The minimum absolute atomic E-state index is 0.0749. The lowest BCUT2D eigenvalue weighted by Gasteiger charge is -2.24. The van der Waals surface area contributed by atoms with Crippen LogP contribution in [0.4, 0.5) is 4.79 Å². The zero-order valence-corrected chi connectivity index (χ0v) is 13.6. The molecule has 0 bridgehead atoms. The number of nitrogens with zero attached hydrogens (tertiary/aromatic N) is 1. The number of carboxylic acids is 1. The fourth-order valence-corrected chi connectivity index (χ4v) is 5.23. The van der Waals surface area contributed by atoms with Gasteiger partial charge >= 0.3 is 12.0 Å². The first kappa shape index (κ1) is 15.2. The molecule has 2 aliphatic carbocycles. The Labute approximate surface area is 136 Å². The number of amides is 2. The Morgan fingerprint density at radius 3 is 2.74 bits per heavy atom. The maximum Gasteiger partial charge on any atom is 0.317 e. The van der Waals surface area contributed by atoms with E-state index >= 15 is 0 Å². The number of aliphatic carboxylic acids is 1. The number of rotatable bonds is 3. The quantitative estimate of drug-likeness (QED) is 0.829. The van der Waals surface area contributed by atoms with Gasteiger partial charge in [-0.2, -0.15) is 0 Å². The predicted molar refractivity (Wildman–Crippen MR) is 83.0 cm³/mol. The number of carboxylic acid groups (broad SMARTS) is 1. The Morgan fingerprint density at radius 1 is 1.26 bits per heavy atom. The molecule has 4 aliphatic rings. The van der Waals surface area contributed by atoms with Crippen LogP contribution in [-0.4, -0.2) is 54.9 Å². The average molecular weight is 322 g/mol. The van der Waals surface area contributed by atoms with Gasteiger partial charge in [0.2, 0.25) is 0 Å². The third-order valence-corrected chi connectivity index (χ3v) is 6.93. The smallest absolute Gasteiger partial charge is 0.317 e. The van der Waals surface area contributed by atoms with Crippen LogP contribution in [0.5, 0.6) is 0 Å². The molecule has 4 rings (SSSR count). The van der Waals surface area contributed by atoms with Crippen molar-refractivity contribution in [1.29, 1.82) is 0 Å². The molecule has 2 saturated heterocycles. The molecule has 2 aliphatic heterocycles. The minimum atomic E-state index is -0.723. The Balaban J connectivity index is 1.30. The van der Waals surface area contributed by atoms with Crippen LogP contribution in [0, 0.1) is 22.7 Å². The Morgan fingerprint density at radius 2 is 2.04 bits per heavy atom. The summed E-state index contributed by atoms with van der Waals surface area (Å²) < 4.78 is 5.42. The van der Waals surface area contributed by atoms with Gasteiger partial charge in [0, 0.05) is 32.8 Å². The third-order valence-electron chi connectivity index (χ3n) is 6.93. The molecule has 0 aromatic heterocycles. The molecule has 0 aromatic rings. The second-order valence-electron chi connectivity index (χ2n) is 7.99. The van der Waals surface area contributed by atoms with Gasteiger partial charge in [-0.1, -0.05) is 6.42 Å². The highest BCUT2D eigenvalue weighted by molar-refractivity contribution is 5.80. The van der Waals surface area contributed by atoms with Gasteiger partial charge in [-0.3, -0.25) is 4.79 Å². The fraction of sp³-hybridized carbons (Fsp3) is 0.882. The van der Waals surface area contributed by atoms with E-state index in [0.717, 1.165) is 45.4 Å². The number of ether oxygens (including phenoxy) is 1. The van der Waals surface area contributed by atoms with E-state index in [1.165, 1.54) is 6.42 Å². The third kappa shape index (κ3) is 2.42. The van der Waals surface area contributed by atoms with E-state index in [9.17, 15) is 14.7 Å². The van der Waals surface area contributed by atoms with E-state index in [4.69, 9.17) is 4.74 Å². The lowest BCUT2D eigenvalue weighted by Crippen LogP contribution is -2.42. The molecule has 0 aromatic carbocycles. The molecule has 0 radical (unpaired) electrons. The molecule has 2 N–H and O–H groups in total. The fourth-order valence-electron chi connectivity index (χ4n) is 5.23. The predicted octanol–water partition coefficient (Wildman–Crippen LogP) is 1.70. The molecule has 3 atom stereocenters. The number of hydrogen-bond donors (Lipinski definition) is 2. The molecule has 2 heterocycles. The summed E-state index contributed by atoms with van der Waals surface area (Å²) in [5, 5.41) is 12.7. The highest BCUT2D eigenvalue weighted by Crippen LogP contribution is 2.58. The second kappa shape index (κ2) is 5.36. The Hall–Kier alpha value is -1.30. The molecular formula is C17H26N2O4. The van der Waals surface area contributed by atoms with Crippen molar-refractivity contribution in [2.45, 2.75) is 38.5 Å². The van der Waals surface area contributed by atoms with E-state index in [2.05, 4.69) is 5.32 Å². The van der Waals surface area contributed by atoms with Gasteiger partial charge in [-0.05, 0) is 49.4 Å². The Kier molecular flexibility index (Phi) is 3.55. The lowest BCUT2D eigenvalue weighted by atomic mass is 9.81. The molecule has 6 nitrogen and oxygen atoms in total. The van der Waals surface area contributed by atoms with Crippen molar-refractivity contribution in [3.05, 3.63) is 0 Å². The lowest BCUT2D eigenvalue weighted by molar-refractivity contribution is -0.149. The average Bonchev–Trinajstić information content (AvgIpc) is 2.88. The Bertz CT molecular complexity index is 517. The number of likely N-dealkylation sites (tertiary alicyclic amines) is 1. The van der Waals surface area contributed by atoms with Crippen molar-refractivity contribution in [3.63, 3.8) is 0 Å². The summed E-state index contributed by atoms with van der Waals surface area (Å²) in [6.07, 6.45) is 6.03. The zero-order chi connectivity index (χ0) is 16.1. The van der Waals surface area contributed by atoms with Crippen LogP contribution in [0.3, 0.4) is 0 Å². The molecule has 1 spiro atoms. The van der Waals surface area contributed by atoms with Crippen LogP contribution in [0.2, 0.25) is 0 Å². The second-order valence-corrected chi connectivity index (χ2v) is 7.99. The maximum absolute atomic E-state index is 12.4. The van der Waals surface area contributed by atoms with Crippen LogP contribution in [0.1, 0.15) is 38.5 Å². The number of carbonyl (C=O) groups is 2. The number of hydrogen-bond acceptors (Lipinski definition) is 3. The first-order valence-corrected chi connectivity index (χ1v) is 8.90. The van der Waals surface area contributed by atoms with Crippen LogP contribution in [0.15, 0.2) is 0 Å². The summed E-state index contributed by atoms with van der Waals surface area (Å²) in [5.41, 5.74) is -0.270. The molecule has 1 unspecified atom stereocenters. The molecule has 128 valence electrons. The first-order valence-electron chi connectivity index (χ1n) is 8.90. The highest BCUT2D eigenvalue weighted by atomic mass is 16.5. The summed E-state index contributed by atoms with van der Waals surface area (Å²) in [7, 11) is 0. The highest BCUT2D eigenvalue weighted by Gasteiger charge is 2.56. The topological polar surface area (TPSA) is 78.9 Å². The van der Waals surface area contributed by atoms with Gasteiger partial charge < -0.3 is 20.1 Å². The summed E-state index contributed by atoms with van der Waals surface area (Å²) in [6, 6.07) is -0.0749. The molecule has 23 heavy (non-hydrogen) atoms. The molecule has 4 fully saturated rings. The van der Waals surface area contributed by atoms with Crippen molar-refractivity contribution < 1.29 is 19.4 Å². The number of carbonyl (C=O) groups excluding carboxylic acids is 1. The van der Waals surface area contributed by atoms with E-state index in [1.807, 2.05) is 0 Å².